The summed E-state index contributed by atoms with van der Waals surface area (Å²) in [6, 6.07) is 59.6. The van der Waals surface area contributed by atoms with Crippen molar-refractivity contribution >= 4 is 53.3 Å². The molecule has 2 heteroatoms. The number of thiophene rings is 1. The lowest BCUT2D eigenvalue weighted by Crippen LogP contribution is -1.93. The van der Waals surface area contributed by atoms with E-state index in [1.807, 2.05) is 11.3 Å². The minimum absolute atomic E-state index is 1.17. The summed E-state index contributed by atoms with van der Waals surface area (Å²) in [4.78, 5) is 0. The van der Waals surface area contributed by atoms with Gasteiger partial charge in [-0.15, -0.1) is 11.3 Å². The van der Waals surface area contributed by atoms with E-state index in [1.54, 1.807) is 0 Å². The quantitative estimate of drug-likeness (QED) is 0.196. The highest BCUT2D eigenvalue weighted by Crippen LogP contribution is 2.38. The lowest BCUT2D eigenvalue weighted by atomic mass is 9.99. The van der Waals surface area contributed by atoms with Gasteiger partial charge in [0.1, 0.15) is 0 Å². The summed E-state index contributed by atoms with van der Waals surface area (Å²) in [5, 5.41) is 5.23. The molecule has 9 aromatic rings. The number of fused-ring (bicyclic) bond motifs is 6. The van der Waals surface area contributed by atoms with Crippen LogP contribution >= 0.6 is 11.3 Å². The van der Waals surface area contributed by atoms with E-state index in [-0.39, 0.29) is 0 Å². The Morgan fingerprint density at radius 2 is 0.841 bits per heavy atom. The fourth-order valence-corrected chi connectivity index (χ4v) is 7.77. The van der Waals surface area contributed by atoms with Gasteiger partial charge >= 0.3 is 0 Å². The highest BCUT2D eigenvalue weighted by atomic mass is 32.1. The third kappa shape index (κ3) is 4.07. The maximum Gasteiger partial charge on any atom is 0.0541 e. The van der Waals surface area contributed by atoms with Crippen molar-refractivity contribution in [3.8, 4) is 39.1 Å². The predicted octanol–water partition coefficient (Wildman–Crippen LogP) is 12.2. The molecule has 2 heterocycles. The molecule has 0 fully saturated rings. The van der Waals surface area contributed by atoms with E-state index in [2.05, 4.69) is 168 Å². The molecule has 0 amide bonds. The van der Waals surface area contributed by atoms with Crippen LogP contribution in [-0.4, -0.2) is 4.57 Å². The Bertz CT molecular complexity index is 2460. The fourth-order valence-electron chi connectivity index (χ4n) is 6.62. The van der Waals surface area contributed by atoms with Crippen molar-refractivity contribution in [3.05, 3.63) is 164 Å². The van der Waals surface area contributed by atoms with Crippen LogP contribution in [0.15, 0.2) is 164 Å². The molecule has 0 saturated heterocycles. The van der Waals surface area contributed by atoms with Gasteiger partial charge < -0.3 is 4.57 Å². The molecule has 7 aromatic carbocycles. The second kappa shape index (κ2) is 10.1. The topological polar surface area (TPSA) is 4.93 Å². The number of rotatable bonds is 4. The number of hydrogen-bond donors (Lipinski definition) is 0. The van der Waals surface area contributed by atoms with E-state index in [9.17, 15) is 0 Å². The second-order valence-corrected chi connectivity index (χ2v) is 12.5. The standard InChI is InChI=1S/C42H27NS/c1-2-8-28(9-3-1)32-21-25-40-38(26-32)35-10-4-6-12-39(35)43(40)34-22-18-30(19-23-34)29-14-16-31(17-15-29)33-20-24-37-36-11-5-7-13-41(36)44-42(37)27-33/h1-27H. The molecule has 0 bridgehead atoms. The predicted molar refractivity (Wildman–Crippen MR) is 190 cm³/mol. The average molecular weight is 578 g/mol. The zero-order chi connectivity index (χ0) is 29.0. The number of hydrogen-bond acceptors (Lipinski definition) is 1. The van der Waals surface area contributed by atoms with Gasteiger partial charge in [0.15, 0.2) is 0 Å². The molecule has 2 aromatic heterocycles. The maximum absolute atomic E-state index is 2.39. The summed E-state index contributed by atoms with van der Waals surface area (Å²) in [5.41, 5.74) is 11.0. The van der Waals surface area contributed by atoms with Crippen molar-refractivity contribution < 1.29 is 0 Å². The van der Waals surface area contributed by atoms with Gasteiger partial charge in [0.2, 0.25) is 0 Å². The summed E-state index contributed by atoms with van der Waals surface area (Å²) in [6.45, 7) is 0. The van der Waals surface area contributed by atoms with Crippen molar-refractivity contribution in [2.45, 2.75) is 0 Å². The van der Waals surface area contributed by atoms with Crippen LogP contribution in [0.3, 0.4) is 0 Å². The minimum Gasteiger partial charge on any atom is -0.309 e. The minimum atomic E-state index is 1.17. The molecule has 0 saturated carbocycles. The molecule has 1 nitrogen and oxygen atoms in total. The fraction of sp³-hybridized carbons (Fsp3) is 0. The van der Waals surface area contributed by atoms with Gasteiger partial charge in [0, 0.05) is 36.6 Å². The van der Waals surface area contributed by atoms with Crippen LogP contribution in [0.4, 0.5) is 0 Å². The summed E-state index contributed by atoms with van der Waals surface area (Å²) in [5.74, 6) is 0. The maximum atomic E-state index is 2.39. The largest absolute Gasteiger partial charge is 0.309 e. The van der Waals surface area contributed by atoms with Crippen LogP contribution in [0.5, 0.6) is 0 Å². The van der Waals surface area contributed by atoms with Gasteiger partial charge in [-0.2, -0.15) is 0 Å². The first-order valence-electron chi connectivity index (χ1n) is 15.0. The van der Waals surface area contributed by atoms with Crippen LogP contribution in [0.2, 0.25) is 0 Å². The highest BCUT2D eigenvalue weighted by Gasteiger charge is 2.13. The zero-order valence-electron chi connectivity index (χ0n) is 23.9. The van der Waals surface area contributed by atoms with Gasteiger partial charge in [-0.05, 0) is 75.8 Å². The first-order chi connectivity index (χ1) is 21.8. The van der Waals surface area contributed by atoms with E-state index in [1.165, 1.54) is 81.0 Å². The normalized spacial score (nSPS) is 11.6. The molecule has 0 atom stereocenters. The van der Waals surface area contributed by atoms with Gasteiger partial charge in [-0.25, -0.2) is 0 Å². The number of aromatic nitrogens is 1. The molecule has 206 valence electrons. The van der Waals surface area contributed by atoms with Gasteiger partial charge in [0.05, 0.1) is 11.0 Å². The van der Waals surface area contributed by atoms with E-state index in [0.29, 0.717) is 0 Å². The van der Waals surface area contributed by atoms with E-state index < -0.39 is 0 Å². The Hall–Kier alpha value is -5.44. The van der Waals surface area contributed by atoms with Crippen molar-refractivity contribution in [1.29, 1.82) is 0 Å². The lowest BCUT2D eigenvalue weighted by Gasteiger charge is -2.10. The summed E-state index contributed by atoms with van der Waals surface area (Å²) < 4.78 is 5.07. The third-order valence-corrected chi connectivity index (χ3v) is 9.97. The smallest absolute Gasteiger partial charge is 0.0541 e. The van der Waals surface area contributed by atoms with Crippen molar-refractivity contribution in [2.75, 3.05) is 0 Å². The van der Waals surface area contributed by atoms with Crippen molar-refractivity contribution in [2.24, 2.45) is 0 Å². The summed E-state index contributed by atoms with van der Waals surface area (Å²) >= 11 is 1.87. The molecule has 0 radical (unpaired) electrons. The van der Waals surface area contributed by atoms with E-state index >= 15 is 0 Å². The van der Waals surface area contributed by atoms with E-state index in [0.717, 1.165) is 0 Å². The molecule has 0 unspecified atom stereocenters. The SMILES string of the molecule is c1ccc(-c2ccc3c(c2)c2ccccc2n3-c2ccc(-c3ccc(-c4ccc5c(c4)sc4ccccc45)cc3)cc2)cc1. The molecule has 0 aliphatic carbocycles. The second-order valence-electron chi connectivity index (χ2n) is 11.4. The molecular formula is C42H27NS. The molecular weight excluding hydrogens is 551 g/mol. The molecule has 0 N–H and O–H groups in total. The molecule has 9 rings (SSSR count). The zero-order valence-corrected chi connectivity index (χ0v) is 24.8. The molecule has 0 aliphatic heterocycles. The first-order valence-corrected chi connectivity index (χ1v) is 15.8. The van der Waals surface area contributed by atoms with Crippen LogP contribution in [-0.2, 0) is 0 Å². The molecule has 44 heavy (non-hydrogen) atoms. The van der Waals surface area contributed by atoms with Crippen LogP contribution in [0.1, 0.15) is 0 Å². The van der Waals surface area contributed by atoms with E-state index in [4.69, 9.17) is 0 Å². The Labute approximate surface area is 259 Å². The van der Waals surface area contributed by atoms with Gasteiger partial charge in [-0.1, -0.05) is 121 Å². The van der Waals surface area contributed by atoms with Crippen LogP contribution in [0.25, 0.3) is 81.0 Å². The van der Waals surface area contributed by atoms with Crippen molar-refractivity contribution in [1.82, 2.24) is 4.57 Å². The third-order valence-electron chi connectivity index (χ3n) is 8.84. The van der Waals surface area contributed by atoms with Gasteiger partial charge in [-0.3, -0.25) is 0 Å². The summed E-state index contributed by atoms with van der Waals surface area (Å²) in [7, 11) is 0. The Morgan fingerprint density at radius 1 is 0.318 bits per heavy atom. The summed E-state index contributed by atoms with van der Waals surface area (Å²) in [6.07, 6.45) is 0. The first kappa shape index (κ1) is 25.1. The Morgan fingerprint density at radius 3 is 1.64 bits per heavy atom. The Balaban J connectivity index is 1.05. The highest BCUT2D eigenvalue weighted by molar-refractivity contribution is 7.25. The average Bonchev–Trinajstić information content (AvgIpc) is 3.64. The van der Waals surface area contributed by atoms with Crippen molar-refractivity contribution in [3.63, 3.8) is 0 Å². The number of benzene rings is 7. The van der Waals surface area contributed by atoms with Crippen LogP contribution in [0, 0.1) is 0 Å². The molecule has 0 spiro atoms. The van der Waals surface area contributed by atoms with Gasteiger partial charge in [0.25, 0.3) is 0 Å². The Kier molecular flexibility index (Phi) is 5.75. The number of para-hydroxylation sites is 1. The number of nitrogens with zero attached hydrogens (tertiary/aromatic N) is 1. The van der Waals surface area contributed by atoms with Crippen LogP contribution < -0.4 is 0 Å². The molecule has 0 aliphatic rings. The monoisotopic (exact) mass is 577 g/mol. The lowest BCUT2D eigenvalue weighted by molar-refractivity contribution is 1.18.